The number of aromatic nitrogens is 4. The molecule has 0 saturated heterocycles. The van der Waals surface area contributed by atoms with E-state index in [4.69, 9.17) is 9.47 Å². The zero-order chi connectivity index (χ0) is 19.7. The van der Waals surface area contributed by atoms with E-state index in [2.05, 4.69) is 15.1 Å². The number of ether oxygens (including phenoxy) is 2. The minimum atomic E-state index is -0.707. The molecule has 2 aromatic heterocycles. The number of rotatable bonds is 5. The molecule has 3 heterocycles. The van der Waals surface area contributed by atoms with E-state index in [1.165, 1.54) is 36.3 Å². The fourth-order valence-electron chi connectivity index (χ4n) is 2.81. The van der Waals surface area contributed by atoms with Gasteiger partial charge in [0, 0.05) is 6.54 Å². The molecule has 0 radical (unpaired) electrons. The van der Waals surface area contributed by atoms with Gasteiger partial charge in [-0.05, 0) is 30.3 Å². The maximum Gasteiger partial charge on any atom is 0.278 e. The van der Waals surface area contributed by atoms with Crippen LogP contribution in [0.5, 0.6) is 11.6 Å². The average Bonchev–Trinajstić information content (AvgIpc) is 3.13. The van der Waals surface area contributed by atoms with E-state index in [1.807, 2.05) is 0 Å². The molecular formula is C18H15F2N5O3. The molecule has 8 nitrogen and oxygen atoms in total. The van der Waals surface area contributed by atoms with Crippen molar-refractivity contribution in [3.63, 3.8) is 0 Å². The summed E-state index contributed by atoms with van der Waals surface area (Å²) in [5.74, 6) is -1.10. The van der Waals surface area contributed by atoms with Crippen LogP contribution in [-0.4, -0.2) is 39.3 Å². The summed E-state index contributed by atoms with van der Waals surface area (Å²) in [6, 6.07) is 7.23. The molecule has 28 heavy (non-hydrogen) atoms. The van der Waals surface area contributed by atoms with Gasteiger partial charge in [-0.1, -0.05) is 0 Å². The maximum absolute atomic E-state index is 13.5. The van der Waals surface area contributed by atoms with Gasteiger partial charge in [0.15, 0.2) is 0 Å². The summed E-state index contributed by atoms with van der Waals surface area (Å²) >= 11 is 0. The van der Waals surface area contributed by atoms with E-state index in [1.54, 1.807) is 10.7 Å². The Kier molecular flexibility index (Phi) is 4.60. The van der Waals surface area contributed by atoms with Gasteiger partial charge in [0.1, 0.15) is 29.6 Å². The molecule has 0 N–H and O–H groups in total. The van der Waals surface area contributed by atoms with E-state index in [0.29, 0.717) is 23.7 Å². The highest BCUT2D eigenvalue weighted by Gasteiger charge is 2.29. The lowest BCUT2D eigenvalue weighted by Crippen LogP contribution is -2.41. The summed E-state index contributed by atoms with van der Waals surface area (Å²) in [6.45, 7) is 0.820. The van der Waals surface area contributed by atoms with E-state index < -0.39 is 5.82 Å². The van der Waals surface area contributed by atoms with Crippen LogP contribution < -0.4 is 14.4 Å². The highest BCUT2D eigenvalue weighted by molar-refractivity contribution is 6.04. The van der Waals surface area contributed by atoms with Crippen LogP contribution in [0.1, 0.15) is 16.2 Å². The van der Waals surface area contributed by atoms with E-state index >= 15 is 0 Å². The first-order chi connectivity index (χ1) is 13.5. The van der Waals surface area contributed by atoms with Gasteiger partial charge in [-0.3, -0.25) is 14.4 Å². The van der Waals surface area contributed by atoms with Crippen LogP contribution in [0.2, 0.25) is 0 Å². The van der Waals surface area contributed by atoms with Gasteiger partial charge in [-0.25, -0.2) is 9.37 Å². The van der Waals surface area contributed by atoms with Crippen molar-refractivity contribution < 1.29 is 23.0 Å². The number of hydrogen-bond donors (Lipinski definition) is 0. The molecule has 0 bridgehead atoms. The fourth-order valence-corrected chi connectivity index (χ4v) is 2.81. The van der Waals surface area contributed by atoms with Gasteiger partial charge >= 0.3 is 0 Å². The van der Waals surface area contributed by atoms with Gasteiger partial charge in [0.2, 0.25) is 11.8 Å². The third-order valence-corrected chi connectivity index (χ3v) is 4.16. The Labute approximate surface area is 158 Å². The summed E-state index contributed by atoms with van der Waals surface area (Å²) in [6.07, 6.45) is 0.961. The Morgan fingerprint density at radius 1 is 1.18 bits per heavy atom. The molecule has 0 aliphatic carbocycles. The molecular weight excluding hydrogens is 372 g/mol. The van der Waals surface area contributed by atoms with Crippen LogP contribution in [0.3, 0.4) is 0 Å². The van der Waals surface area contributed by atoms with Gasteiger partial charge in [-0.2, -0.15) is 14.5 Å². The monoisotopic (exact) mass is 387 g/mol. The minimum Gasteiger partial charge on any atom is -0.487 e. The van der Waals surface area contributed by atoms with Crippen molar-refractivity contribution in [1.82, 2.24) is 19.7 Å². The topological polar surface area (TPSA) is 82.4 Å². The first-order valence-corrected chi connectivity index (χ1v) is 8.38. The summed E-state index contributed by atoms with van der Waals surface area (Å²) in [4.78, 5) is 21.9. The Bertz CT molecular complexity index is 1020. The molecule has 1 amide bonds. The molecule has 1 aromatic carbocycles. The number of carbonyl (C=O) groups excluding carboxylic acids is 1. The smallest absolute Gasteiger partial charge is 0.278 e. The van der Waals surface area contributed by atoms with Crippen molar-refractivity contribution in [2.24, 2.45) is 0 Å². The van der Waals surface area contributed by atoms with Crippen LogP contribution in [0.15, 0.2) is 36.5 Å². The standard InChI is InChI=1S/C18H15F2N5O3/c1-27-16-14(20)9-21-18(22-16)24-6-7-25-15(17(24)26)8-12(23-25)10-28-13-4-2-11(19)3-5-13/h2-5,8-9H,6-7,10H2,1H3. The maximum atomic E-state index is 13.5. The van der Waals surface area contributed by atoms with Crippen LogP contribution in [0.4, 0.5) is 14.7 Å². The molecule has 0 atom stereocenters. The number of amides is 1. The molecule has 144 valence electrons. The molecule has 0 spiro atoms. The normalized spacial score (nSPS) is 13.4. The van der Waals surface area contributed by atoms with Crippen LogP contribution in [-0.2, 0) is 13.2 Å². The Balaban J connectivity index is 1.51. The molecule has 1 aliphatic heterocycles. The number of hydrogen-bond acceptors (Lipinski definition) is 6. The summed E-state index contributed by atoms with van der Waals surface area (Å²) in [5.41, 5.74) is 0.892. The molecule has 4 rings (SSSR count). The van der Waals surface area contributed by atoms with Crippen LogP contribution in [0.25, 0.3) is 0 Å². The first-order valence-electron chi connectivity index (χ1n) is 8.38. The second kappa shape index (κ2) is 7.22. The van der Waals surface area contributed by atoms with Gasteiger partial charge < -0.3 is 9.47 Å². The Morgan fingerprint density at radius 2 is 1.96 bits per heavy atom. The zero-order valence-electron chi connectivity index (χ0n) is 14.8. The van der Waals surface area contributed by atoms with E-state index in [9.17, 15) is 13.6 Å². The van der Waals surface area contributed by atoms with Crippen molar-refractivity contribution in [2.75, 3.05) is 18.6 Å². The first kappa shape index (κ1) is 17.8. The second-order valence-electron chi connectivity index (χ2n) is 5.97. The summed E-state index contributed by atoms with van der Waals surface area (Å²) in [7, 11) is 1.29. The summed E-state index contributed by atoms with van der Waals surface area (Å²) in [5, 5.41) is 4.35. The van der Waals surface area contributed by atoms with Crippen LogP contribution in [0, 0.1) is 11.6 Å². The molecule has 0 saturated carbocycles. The zero-order valence-corrected chi connectivity index (χ0v) is 14.8. The van der Waals surface area contributed by atoms with Gasteiger partial charge in [-0.15, -0.1) is 0 Å². The third-order valence-electron chi connectivity index (χ3n) is 4.16. The average molecular weight is 387 g/mol. The quantitative estimate of drug-likeness (QED) is 0.668. The lowest BCUT2D eigenvalue weighted by molar-refractivity contribution is 0.0960. The van der Waals surface area contributed by atoms with E-state index in [0.717, 1.165) is 6.20 Å². The third kappa shape index (κ3) is 3.36. The Hall–Kier alpha value is -3.56. The fraction of sp³-hybridized carbons (Fsp3) is 0.222. The van der Waals surface area contributed by atoms with Crippen molar-refractivity contribution >= 4 is 11.9 Å². The predicted molar refractivity (Wildman–Crippen MR) is 93.2 cm³/mol. The number of fused-ring (bicyclic) bond motifs is 1. The van der Waals surface area contributed by atoms with Gasteiger partial charge in [0.05, 0.1) is 19.9 Å². The van der Waals surface area contributed by atoms with E-state index in [-0.39, 0.29) is 36.7 Å². The highest BCUT2D eigenvalue weighted by Crippen LogP contribution is 2.22. The van der Waals surface area contributed by atoms with Crippen molar-refractivity contribution in [1.29, 1.82) is 0 Å². The highest BCUT2D eigenvalue weighted by atomic mass is 19.1. The van der Waals surface area contributed by atoms with Crippen molar-refractivity contribution in [3.8, 4) is 11.6 Å². The number of benzene rings is 1. The molecule has 0 fully saturated rings. The lowest BCUT2D eigenvalue weighted by atomic mass is 10.2. The number of methoxy groups -OCH3 is 1. The number of nitrogens with zero attached hydrogens (tertiary/aromatic N) is 5. The van der Waals surface area contributed by atoms with Crippen molar-refractivity contribution in [3.05, 3.63) is 59.6 Å². The lowest BCUT2D eigenvalue weighted by Gasteiger charge is -2.25. The van der Waals surface area contributed by atoms with Crippen molar-refractivity contribution in [2.45, 2.75) is 13.2 Å². The minimum absolute atomic E-state index is 0.0554. The molecule has 3 aromatic rings. The largest absolute Gasteiger partial charge is 0.487 e. The number of halogens is 2. The molecule has 10 heteroatoms. The number of anilines is 1. The summed E-state index contributed by atoms with van der Waals surface area (Å²) < 4.78 is 38.4. The van der Waals surface area contributed by atoms with Crippen LogP contribution >= 0.6 is 0 Å². The predicted octanol–water partition coefficient (Wildman–Crippen LogP) is 2.20. The Morgan fingerprint density at radius 3 is 2.71 bits per heavy atom. The molecule has 1 aliphatic rings. The SMILES string of the molecule is COc1nc(N2CCn3nc(COc4ccc(F)cc4)cc3C2=O)ncc1F. The second-order valence-corrected chi connectivity index (χ2v) is 5.97. The van der Waals surface area contributed by atoms with Gasteiger partial charge in [0.25, 0.3) is 11.8 Å². The number of carbonyl (C=O) groups is 1. The molecule has 0 unspecified atom stereocenters.